The molecule has 0 aliphatic rings. The first-order chi connectivity index (χ1) is 7.65. The number of nitrogens with zero attached hydrogens (tertiary/aromatic N) is 1. The van der Waals surface area contributed by atoms with Crippen LogP contribution in [0, 0.1) is 25.2 Å². The third-order valence-electron chi connectivity index (χ3n) is 2.85. The molecule has 0 unspecified atom stereocenters. The van der Waals surface area contributed by atoms with E-state index in [2.05, 4.69) is 31.8 Å². The Morgan fingerprint density at radius 1 is 1.44 bits per heavy atom. The molecule has 1 aromatic carbocycles. The highest BCUT2D eigenvalue weighted by atomic mass is 14.9. The molecule has 1 N–H and O–H groups in total. The maximum atomic E-state index is 9.14. The Morgan fingerprint density at radius 2 is 2.12 bits per heavy atom. The number of allylic oxidation sites excluding steroid dienone is 1. The van der Waals surface area contributed by atoms with Gasteiger partial charge in [-0.25, -0.2) is 0 Å². The molecule has 0 aliphatic heterocycles. The van der Waals surface area contributed by atoms with Crippen molar-refractivity contribution >= 4 is 5.69 Å². The first-order valence-electron chi connectivity index (χ1n) is 5.53. The van der Waals surface area contributed by atoms with Crippen molar-refractivity contribution in [1.29, 1.82) is 5.26 Å². The number of hydrogen-bond donors (Lipinski definition) is 1. The van der Waals surface area contributed by atoms with Crippen LogP contribution in [0.25, 0.3) is 0 Å². The number of nitriles is 1. The molecule has 16 heavy (non-hydrogen) atoms. The van der Waals surface area contributed by atoms with Crippen molar-refractivity contribution in [3.63, 3.8) is 0 Å². The lowest BCUT2D eigenvalue weighted by Crippen LogP contribution is -2.05. The topological polar surface area (TPSA) is 35.8 Å². The van der Waals surface area contributed by atoms with Crippen LogP contribution in [0.1, 0.15) is 29.2 Å². The van der Waals surface area contributed by atoms with Gasteiger partial charge >= 0.3 is 0 Å². The zero-order chi connectivity index (χ0) is 12.1. The summed E-state index contributed by atoms with van der Waals surface area (Å²) in [6, 6.07) is 4.21. The third kappa shape index (κ3) is 2.25. The molecule has 0 fully saturated rings. The molecule has 1 aromatic rings. The predicted molar refractivity (Wildman–Crippen MR) is 68.7 cm³/mol. The van der Waals surface area contributed by atoms with Crippen LogP contribution in [0.4, 0.5) is 5.69 Å². The molecule has 1 rings (SSSR count). The number of nitrogens with one attached hydrogen (secondary N) is 1. The van der Waals surface area contributed by atoms with E-state index in [4.69, 9.17) is 5.26 Å². The molecule has 0 saturated carbocycles. The second-order valence-corrected chi connectivity index (χ2v) is 3.84. The summed E-state index contributed by atoms with van der Waals surface area (Å²) >= 11 is 0. The molecule has 0 heterocycles. The molecule has 0 aromatic heterocycles. The summed E-state index contributed by atoms with van der Waals surface area (Å²) in [4.78, 5) is 0. The Labute approximate surface area is 97.6 Å². The fourth-order valence-corrected chi connectivity index (χ4v) is 1.85. The van der Waals surface area contributed by atoms with Gasteiger partial charge < -0.3 is 5.32 Å². The van der Waals surface area contributed by atoms with E-state index in [9.17, 15) is 0 Å². The summed E-state index contributed by atoms with van der Waals surface area (Å²) in [6.45, 7) is 10.8. The van der Waals surface area contributed by atoms with Gasteiger partial charge in [0.2, 0.25) is 0 Å². The van der Waals surface area contributed by atoms with Gasteiger partial charge in [-0.05, 0) is 49.9 Å². The van der Waals surface area contributed by atoms with Crippen molar-refractivity contribution < 1.29 is 0 Å². The van der Waals surface area contributed by atoms with E-state index in [1.165, 1.54) is 11.1 Å². The number of rotatable bonds is 4. The summed E-state index contributed by atoms with van der Waals surface area (Å²) in [6.07, 6.45) is 2.68. The van der Waals surface area contributed by atoms with Gasteiger partial charge in [-0.1, -0.05) is 6.08 Å². The number of hydrogen-bond acceptors (Lipinski definition) is 2. The Kier molecular flexibility index (Phi) is 4.13. The van der Waals surface area contributed by atoms with E-state index in [-0.39, 0.29) is 0 Å². The van der Waals surface area contributed by atoms with Crippen molar-refractivity contribution in [3.8, 4) is 6.07 Å². The van der Waals surface area contributed by atoms with Gasteiger partial charge in [0, 0.05) is 6.54 Å². The fraction of sp³-hybridized carbons (Fsp3) is 0.357. The van der Waals surface area contributed by atoms with Crippen LogP contribution in [-0.4, -0.2) is 6.54 Å². The van der Waals surface area contributed by atoms with Crippen LogP contribution in [-0.2, 0) is 6.42 Å². The predicted octanol–water partition coefficient (Wildman–Crippen LogP) is 3.34. The van der Waals surface area contributed by atoms with Gasteiger partial charge in [0.1, 0.15) is 6.07 Å². The molecule has 2 heteroatoms. The van der Waals surface area contributed by atoms with Crippen molar-refractivity contribution in [2.24, 2.45) is 0 Å². The maximum absolute atomic E-state index is 9.14. The summed E-state index contributed by atoms with van der Waals surface area (Å²) in [5, 5.41) is 12.4. The Hall–Kier alpha value is -1.75. The summed E-state index contributed by atoms with van der Waals surface area (Å²) in [5.74, 6) is 0. The zero-order valence-corrected chi connectivity index (χ0v) is 10.2. The lowest BCUT2D eigenvalue weighted by Gasteiger charge is -2.15. The molecule has 84 valence electrons. The third-order valence-corrected chi connectivity index (χ3v) is 2.85. The lowest BCUT2D eigenvalue weighted by atomic mass is 9.95. The van der Waals surface area contributed by atoms with Crippen molar-refractivity contribution in [2.45, 2.75) is 27.2 Å². The molecule has 0 saturated heterocycles. The molecule has 2 nitrogen and oxygen atoms in total. The number of benzene rings is 1. The van der Waals surface area contributed by atoms with Gasteiger partial charge in [0.05, 0.1) is 11.3 Å². The minimum absolute atomic E-state index is 0.724. The van der Waals surface area contributed by atoms with E-state index in [0.29, 0.717) is 0 Å². The molecule has 0 spiro atoms. The Morgan fingerprint density at radius 3 is 2.62 bits per heavy atom. The minimum Gasteiger partial charge on any atom is -0.384 e. The zero-order valence-electron chi connectivity index (χ0n) is 10.2. The fourth-order valence-electron chi connectivity index (χ4n) is 1.85. The first-order valence-corrected chi connectivity index (χ1v) is 5.53. The molecule has 0 bridgehead atoms. The second-order valence-electron chi connectivity index (χ2n) is 3.84. The highest BCUT2D eigenvalue weighted by Gasteiger charge is 2.10. The molecule has 0 atom stereocenters. The lowest BCUT2D eigenvalue weighted by molar-refractivity contribution is 1.14. The van der Waals surface area contributed by atoms with Crippen LogP contribution < -0.4 is 5.32 Å². The van der Waals surface area contributed by atoms with Gasteiger partial charge in [-0.15, -0.1) is 6.58 Å². The largest absolute Gasteiger partial charge is 0.384 e. The van der Waals surface area contributed by atoms with E-state index in [0.717, 1.165) is 29.8 Å². The SMILES string of the molecule is C=CCc1cc(C#N)c(NCC)c(C)c1C. The Bertz CT molecular complexity index is 439. The normalized spacial score (nSPS) is 9.62. The van der Waals surface area contributed by atoms with Gasteiger partial charge in [0.15, 0.2) is 0 Å². The Balaban J connectivity index is 3.37. The summed E-state index contributed by atoms with van der Waals surface area (Å²) in [7, 11) is 0. The summed E-state index contributed by atoms with van der Waals surface area (Å²) in [5.41, 5.74) is 5.29. The van der Waals surface area contributed by atoms with E-state index in [1.807, 2.05) is 19.1 Å². The van der Waals surface area contributed by atoms with E-state index < -0.39 is 0 Å². The van der Waals surface area contributed by atoms with Gasteiger partial charge in [0.25, 0.3) is 0 Å². The molecule has 0 amide bonds. The summed E-state index contributed by atoms with van der Waals surface area (Å²) < 4.78 is 0. The van der Waals surface area contributed by atoms with Crippen LogP contribution in [0.3, 0.4) is 0 Å². The molecule has 0 aliphatic carbocycles. The number of anilines is 1. The smallest absolute Gasteiger partial charge is 0.101 e. The van der Waals surface area contributed by atoms with Crippen LogP contribution in [0.2, 0.25) is 0 Å². The molecular weight excluding hydrogens is 196 g/mol. The second kappa shape index (κ2) is 5.37. The van der Waals surface area contributed by atoms with Crippen molar-refractivity contribution in [3.05, 3.63) is 41.0 Å². The van der Waals surface area contributed by atoms with Crippen molar-refractivity contribution in [2.75, 3.05) is 11.9 Å². The van der Waals surface area contributed by atoms with Crippen molar-refractivity contribution in [1.82, 2.24) is 0 Å². The molecule has 0 radical (unpaired) electrons. The minimum atomic E-state index is 0.724. The van der Waals surface area contributed by atoms with Crippen LogP contribution >= 0.6 is 0 Å². The molecular formula is C14H18N2. The van der Waals surface area contributed by atoms with Gasteiger partial charge in [-0.2, -0.15) is 5.26 Å². The average Bonchev–Trinajstić information content (AvgIpc) is 2.29. The highest BCUT2D eigenvalue weighted by Crippen LogP contribution is 2.27. The van der Waals surface area contributed by atoms with E-state index >= 15 is 0 Å². The average molecular weight is 214 g/mol. The highest BCUT2D eigenvalue weighted by molar-refractivity contribution is 5.66. The maximum Gasteiger partial charge on any atom is 0.101 e. The van der Waals surface area contributed by atoms with Crippen LogP contribution in [0.5, 0.6) is 0 Å². The van der Waals surface area contributed by atoms with Crippen LogP contribution in [0.15, 0.2) is 18.7 Å². The standard InChI is InChI=1S/C14H18N2/c1-5-7-12-8-13(9-15)14(16-6-2)11(4)10(12)3/h5,8,16H,1,6-7H2,2-4H3. The monoisotopic (exact) mass is 214 g/mol. The first kappa shape index (κ1) is 12.3. The quantitative estimate of drug-likeness (QED) is 0.780. The van der Waals surface area contributed by atoms with Gasteiger partial charge in [-0.3, -0.25) is 0 Å². The van der Waals surface area contributed by atoms with E-state index in [1.54, 1.807) is 0 Å².